The Kier molecular flexibility index (Phi) is 3.12. The normalized spacial score (nSPS) is 11.8. The lowest BCUT2D eigenvalue weighted by Gasteiger charge is -2.06. The summed E-state index contributed by atoms with van der Waals surface area (Å²) in [4.78, 5) is 3.18. The van der Waals surface area contributed by atoms with Crippen molar-refractivity contribution in [1.29, 1.82) is 0 Å². The third-order valence-corrected chi connectivity index (χ3v) is 3.37. The lowest BCUT2D eigenvalue weighted by Crippen LogP contribution is -2.03. The summed E-state index contributed by atoms with van der Waals surface area (Å²) < 4.78 is 43.0. The summed E-state index contributed by atoms with van der Waals surface area (Å²) in [6.45, 7) is 0. The molecule has 0 fully saturated rings. The van der Waals surface area contributed by atoms with Crippen molar-refractivity contribution in [1.82, 2.24) is 4.98 Å². The maximum atomic E-state index is 12.6. The molecule has 1 N–H and O–H groups in total. The number of hydrogen-bond donors (Lipinski definition) is 1. The van der Waals surface area contributed by atoms with Crippen LogP contribution in [0.15, 0.2) is 48.5 Å². The van der Waals surface area contributed by atoms with Crippen LogP contribution in [0.5, 0.6) is 5.75 Å². The molecule has 2 aromatic carbocycles. The molecular weight excluding hydrogens is 279 g/mol. The first-order valence-corrected chi connectivity index (χ1v) is 6.32. The molecule has 0 spiro atoms. The van der Waals surface area contributed by atoms with Gasteiger partial charge in [-0.25, -0.2) is 0 Å². The Morgan fingerprint density at radius 2 is 1.71 bits per heavy atom. The van der Waals surface area contributed by atoms with E-state index in [-0.39, 0.29) is 0 Å². The van der Waals surface area contributed by atoms with E-state index >= 15 is 0 Å². The van der Waals surface area contributed by atoms with Gasteiger partial charge in [0.05, 0.1) is 12.7 Å². The van der Waals surface area contributed by atoms with E-state index in [0.29, 0.717) is 5.56 Å². The second-order valence-electron chi connectivity index (χ2n) is 4.68. The van der Waals surface area contributed by atoms with E-state index in [1.165, 1.54) is 12.1 Å². The number of nitrogens with one attached hydrogen (secondary N) is 1. The molecule has 5 heteroatoms. The predicted molar refractivity (Wildman–Crippen MR) is 75.3 cm³/mol. The van der Waals surface area contributed by atoms with Crippen LogP contribution in [0, 0.1) is 0 Å². The highest BCUT2D eigenvalue weighted by atomic mass is 19.4. The molecule has 108 valence electrons. The summed E-state index contributed by atoms with van der Waals surface area (Å²) in [6.07, 6.45) is -4.32. The number of fused-ring (bicyclic) bond motifs is 1. The van der Waals surface area contributed by atoms with Crippen molar-refractivity contribution < 1.29 is 17.9 Å². The van der Waals surface area contributed by atoms with Crippen LogP contribution in [0.4, 0.5) is 13.2 Å². The molecule has 0 radical (unpaired) electrons. The molecule has 3 aromatic rings. The van der Waals surface area contributed by atoms with Crippen LogP contribution < -0.4 is 4.74 Å². The highest BCUT2D eigenvalue weighted by Gasteiger charge is 2.30. The Morgan fingerprint density at radius 1 is 1.00 bits per heavy atom. The van der Waals surface area contributed by atoms with E-state index in [0.717, 1.165) is 34.5 Å². The van der Waals surface area contributed by atoms with Crippen LogP contribution in [0.3, 0.4) is 0 Å². The van der Waals surface area contributed by atoms with Gasteiger partial charge in [0.15, 0.2) is 0 Å². The molecule has 0 aliphatic heterocycles. The highest BCUT2D eigenvalue weighted by molar-refractivity contribution is 5.90. The minimum absolute atomic E-state index is 0.653. The van der Waals surface area contributed by atoms with Gasteiger partial charge in [0.2, 0.25) is 0 Å². The molecule has 0 atom stereocenters. The number of benzene rings is 2. The van der Waals surface area contributed by atoms with E-state index in [4.69, 9.17) is 4.74 Å². The molecule has 0 amide bonds. The van der Waals surface area contributed by atoms with Gasteiger partial charge in [-0.2, -0.15) is 13.2 Å². The van der Waals surface area contributed by atoms with Crippen molar-refractivity contribution in [2.24, 2.45) is 0 Å². The van der Waals surface area contributed by atoms with Crippen molar-refractivity contribution in [2.75, 3.05) is 7.11 Å². The van der Waals surface area contributed by atoms with Crippen LogP contribution in [-0.4, -0.2) is 12.1 Å². The smallest absolute Gasteiger partial charge is 0.416 e. The van der Waals surface area contributed by atoms with Gasteiger partial charge in [-0.3, -0.25) is 0 Å². The number of hydrogen-bond acceptors (Lipinski definition) is 1. The van der Waals surface area contributed by atoms with Gasteiger partial charge >= 0.3 is 6.18 Å². The van der Waals surface area contributed by atoms with Gasteiger partial charge in [-0.05, 0) is 35.9 Å². The Balaban J connectivity index is 2.04. The number of ether oxygens (including phenoxy) is 1. The summed E-state index contributed by atoms with van der Waals surface area (Å²) in [5.41, 5.74) is 1.67. The van der Waals surface area contributed by atoms with Crippen molar-refractivity contribution in [3.05, 3.63) is 54.1 Å². The largest absolute Gasteiger partial charge is 0.496 e. The average molecular weight is 291 g/mol. The molecule has 21 heavy (non-hydrogen) atoms. The predicted octanol–water partition coefficient (Wildman–Crippen LogP) is 4.86. The Bertz CT molecular complexity index is 772. The van der Waals surface area contributed by atoms with Crippen molar-refractivity contribution >= 4 is 10.9 Å². The van der Waals surface area contributed by atoms with Crippen LogP contribution >= 0.6 is 0 Å². The SMILES string of the molecule is COc1cccc2[nH]c(-c3ccc(C(F)(F)F)cc3)cc12. The fourth-order valence-electron chi connectivity index (χ4n) is 2.30. The summed E-state index contributed by atoms with van der Waals surface area (Å²) in [6, 6.07) is 12.5. The van der Waals surface area contributed by atoms with Crippen molar-refractivity contribution in [3.63, 3.8) is 0 Å². The van der Waals surface area contributed by atoms with Gasteiger partial charge < -0.3 is 9.72 Å². The fraction of sp³-hybridized carbons (Fsp3) is 0.125. The van der Waals surface area contributed by atoms with Gasteiger partial charge in [0.1, 0.15) is 5.75 Å². The van der Waals surface area contributed by atoms with Gasteiger partial charge in [0.25, 0.3) is 0 Å². The van der Waals surface area contributed by atoms with Gasteiger partial charge in [-0.1, -0.05) is 18.2 Å². The van der Waals surface area contributed by atoms with E-state index < -0.39 is 11.7 Å². The summed E-state index contributed by atoms with van der Waals surface area (Å²) in [7, 11) is 1.58. The molecule has 0 aliphatic rings. The first-order chi connectivity index (χ1) is 9.99. The maximum Gasteiger partial charge on any atom is 0.416 e. The number of alkyl halides is 3. The summed E-state index contributed by atoms with van der Waals surface area (Å²) in [5, 5.41) is 0.898. The molecule has 0 saturated carbocycles. The van der Waals surface area contributed by atoms with Gasteiger partial charge in [-0.15, -0.1) is 0 Å². The van der Waals surface area contributed by atoms with E-state index in [1.54, 1.807) is 7.11 Å². The highest BCUT2D eigenvalue weighted by Crippen LogP contribution is 2.33. The lowest BCUT2D eigenvalue weighted by molar-refractivity contribution is -0.137. The van der Waals surface area contributed by atoms with E-state index in [9.17, 15) is 13.2 Å². The van der Waals surface area contributed by atoms with Gasteiger partial charge in [0, 0.05) is 16.6 Å². The fourth-order valence-corrected chi connectivity index (χ4v) is 2.30. The molecule has 0 aliphatic carbocycles. The first-order valence-electron chi connectivity index (χ1n) is 6.32. The molecule has 1 aromatic heterocycles. The Morgan fingerprint density at radius 3 is 2.33 bits per heavy atom. The second-order valence-corrected chi connectivity index (χ2v) is 4.68. The average Bonchev–Trinajstić information content (AvgIpc) is 2.90. The number of halogens is 3. The minimum Gasteiger partial charge on any atom is -0.496 e. The van der Waals surface area contributed by atoms with Crippen LogP contribution in [0.25, 0.3) is 22.2 Å². The molecule has 0 bridgehead atoms. The zero-order valence-corrected chi connectivity index (χ0v) is 11.2. The number of rotatable bonds is 2. The summed E-state index contributed by atoms with van der Waals surface area (Å²) >= 11 is 0. The summed E-state index contributed by atoms with van der Waals surface area (Å²) in [5.74, 6) is 0.724. The Hall–Kier alpha value is -2.43. The van der Waals surface area contributed by atoms with E-state index in [1.807, 2.05) is 24.3 Å². The third-order valence-electron chi connectivity index (χ3n) is 3.37. The molecular formula is C16H12F3NO. The zero-order chi connectivity index (χ0) is 15.0. The number of H-pyrrole nitrogens is 1. The Labute approximate surface area is 119 Å². The third kappa shape index (κ3) is 2.46. The molecule has 1 heterocycles. The lowest BCUT2D eigenvalue weighted by atomic mass is 10.1. The van der Waals surface area contributed by atoms with E-state index in [2.05, 4.69) is 4.98 Å². The number of aromatic nitrogens is 1. The zero-order valence-electron chi connectivity index (χ0n) is 11.2. The minimum atomic E-state index is -4.32. The molecule has 2 nitrogen and oxygen atoms in total. The van der Waals surface area contributed by atoms with Crippen molar-refractivity contribution in [3.8, 4) is 17.0 Å². The standard InChI is InChI=1S/C16H12F3NO/c1-21-15-4-2-3-13-12(15)9-14(20-13)10-5-7-11(8-6-10)16(17,18)19/h2-9,20H,1H3. The molecule has 3 rings (SSSR count). The molecule has 0 unspecified atom stereocenters. The quantitative estimate of drug-likeness (QED) is 0.716. The van der Waals surface area contributed by atoms with Crippen LogP contribution in [0.2, 0.25) is 0 Å². The van der Waals surface area contributed by atoms with Crippen molar-refractivity contribution in [2.45, 2.75) is 6.18 Å². The second kappa shape index (κ2) is 4.84. The first kappa shape index (κ1) is 13.5. The topological polar surface area (TPSA) is 25.0 Å². The number of methoxy groups -OCH3 is 1. The molecule has 0 saturated heterocycles. The monoisotopic (exact) mass is 291 g/mol. The maximum absolute atomic E-state index is 12.6. The number of aromatic amines is 1. The van der Waals surface area contributed by atoms with Crippen LogP contribution in [0.1, 0.15) is 5.56 Å². The van der Waals surface area contributed by atoms with Crippen LogP contribution in [-0.2, 0) is 6.18 Å².